The summed E-state index contributed by atoms with van der Waals surface area (Å²) in [6.07, 6.45) is 1.26. The minimum Gasteiger partial charge on any atom is -0.481 e. The van der Waals surface area contributed by atoms with Crippen molar-refractivity contribution in [1.82, 2.24) is 0 Å². The van der Waals surface area contributed by atoms with Gasteiger partial charge in [-0.1, -0.05) is 46.8 Å². The molecule has 0 rings (SSSR count). The molecule has 0 aromatic heterocycles. The van der Waals surface area contributed by atoms with E-state index in [-0.39, 0.29) is 0 Å². The van der Waals surface area contributed by atoms with E-state index in [4.69, 9.17) is 9.90 Å². The smallest absolute Gasteiger partial charge is 0.300 e. The molecule has 1 N–H and O–H groups in total. The lowest BCUT2D eigenvalue weighted by atomic mass is 9.76. The molecule has 0 spiro atoms. The van der Waals surface area contributed by atoms with Gasteiger partial charge < -0.3 is 5.11 Å². The van der Waals surface area contributed by atoms with Crippen LogP contribution in [0.3, 0.4) is 0 Å². The second-order valence-corrected chi connectivity index (χ2v) is 5.77. The van der Waals surface area contributed by atoms with Crippen molar-refractivity contribution in [2.45, 2.75) is 54.9 Å². The van der Waals surface area contributed by atoms with Crippen molar-refractivity contribution in [2.75, 3.05) is 0 Å². The van der Waals surface area contributed by atoms with Gasteiger partial charge in [0, 0.05) is 6.92 Å². The molecule has 0 aliphatic carbocycles. The van der Waals surface area contributed by atoms with Crippen LogP contribution in [0, 0.1) is 17.3 Å². The van der Waals surface area contributed by atoms with E-state index in [0.29, 0.717) is 11.3 Å². The summed E-state index contributed by atoms with van der Waals surface area (Å²) in [6.45, 7) is 18.7. The predicted molar refractivity (Wildman–Crippen MR) is 70.5 cm³/mol. The Morgan fingerprint density at radius 2 is 1.56 bits per heavy atom. The van der Waals surface area contributed by atoms with Crippen LogP contribution < -0.4 is 0 Å². The SMILES string of the molecule is C=C(C)[C@H](C)C[C@@H](C)C(C)(C)C.CC(=O)O. The van der Waals surface area contributed by atoms with Crippen LogP contribution in [0.5, 0.6) is 0 Å². The van der Waals surface area contributed by atoms with Gasteiger partial charge in [0.1, 0.15) is 0 Å². The lowest BCUT2D eigenvalue weighted by Crippen LogP contribution is -2.19. The topological polar surface area (TPSA) is 37.3 Å². The summed E-state index contributed by atoms with van der Waals surface area (Å²) in [4.78, 5) is 9.00. The Morgan fingerprint density at radius 3 is 1.75 bits per heavy atom. The van der Waals surface area contributed by atoms with Crippen LogP contribution in [0.2, 0.25) is 0 Å². The van der Waals surface area contributed by atoms with E-state index in [1.165, 1.54) is 12.0 Å². The zero-order valence-corrected chi connectivity index (χ0v) is 11.9. The molecule has 16 heavy (non-hydrogen) atoms. The predicted octanol–water partition coefficient (Wildman–Crippen LogP) is 4.36. The first-order valence-corrected chi connectivity index (χ1v) is 5.83. The highest BCUT2D eigenvalue weighted by Crippen LogP contribution is 2.32. The summed E-state index contributed by atoms with van der Waals surface area (Å²) < 4.78 is 0. The van der Waals surface area contributed by atoms with Crippen molar-refractivity contribution in [3.8, 4) is 0 Å². The molecule has 0 unspecified atom stereocenters. The Morgan fingerprint density at radius 1 is 1.25 bits per heavy atom. The fourth-order valence-corrected chi connectivity index (χ4v) is 1.09. The summed E-state index contributed by atoms with van der Waals surface area (Å²) >= 11 is 0. The first kappa shape index (κ1) is 17.6. The van der Waals surface area contributed by atoms with Crippen LogP contribution in [0.15, 0.2) is 12.2 Å². The number of allylic oxidation sites excluding steroid dienone is 1. The molecule has 0 fully saturated rings. The first-order valence-electron chi connectivity index (χ1n) is 5.83. The minimum absolute atomic E-state index is 0.434. The van der Waals surface area contributed by atoms with Crippen molar-refractivity contribution < 1.29 is 9.90 Å². The third-order valence-corrected chi connectivity index (χ3v) is 3.03. The van der Waals surface area contributed by atoms with Crippen LogP contribution >= 0.6 is 0 Å². The molecule has 2 atom stereocenters. The molecule has 0 aromatic rings. The summed E-state index contributed by atoms with van der Waals surface area (Å²) in [6, 6.07) is 0. The molecule has 0 amide bonds. The summed E-state index contributed by atoms with van der Waals surface area (Å²) in [5.74, 6) is 0.600. The Balaban J connectivity index is 0. The molecule has 0 aliphatic heterocycles. The summed E-state index contributed by atoms with van der Waals surface area (Å²) in [7, 11) is 0. The first-order chi connectivity index (χ1) is 6.98. The van der Waals surface area contributed by atoms with Gasteiger partial charge in [0.05, 0.1) is 0 Å². The van der Waals surface area contributed by atoms with E-state index in [1.807, 2.05) is 0 Å². The molecule has 0 aromatic carbocycles. The molecule has 2 nitrogen and oxygen atoms in total. The molecule has 0 radical (unpaired) electrons. The van der Waals surface area contributed by atoms with Crippen molar-refractivity contribution in [3.05, 3.63) is 12.2 Å². The number of carboxylic acids is 1. The van der Waals surface area contributed by atoms with Crippen LogP contribution in [-0.4, -0.2) is 11.1 Å². The molecule has 0 bridgehead atoms. The van der Waals surface area contributed by atoms with E-state index >= 15 is 0 Å². The third kappa shape index (κ3) is 11.3. The highest BCUT2D eigenvalue weighted by molar-refractivity contribution is 5.62. The van der Waals surface area contributed by atoms with E-state index in [9.17, 15) is 0 Å². The maximum atomic E-state index is 9.00. The lowest BCUT2D eigenvalue weighted by molar-refractivity contribution is -0.134. The van der Waals surface area contributed by atoms with E-state index in [1.54, 1.807) is 0 Å². The highest BCUT2D eigenvalue weighted by atomic mass is 16.4. The number of rotatable bonds is 3. The molecule has 2 heteroatoms. The fraction of sp³-hybridized carbons (Fsp3) is 0.786. The van der Waals surface area contributed by atoms with Gasteiger partial charge in [-0.2, -0.15) is 0 Å². The van der Waals surface area contributed by atoms with Crippen LogP contribution in [0.25, 0.3) is 0 Å². The summed E-state index contributed by atoms with van der Waals surface area (Å²) in [5.41, 5.74) is 1.75. The largest absolute Gasteiger partial charge is 0.481 e. The molecule has 0 saturated carbocycles. The van der Waals surface area contributed by atoms with Crippen molar-refractivity contribution in [1.29, 1.82) is 0 Å². The maximum absolute atomic E-state index is 9.00. The number of hydrogen-bond donors (Lipinski definition) is 1. The molecule has 96 valence electrons. The van der Waals surface area contributed by atoms with Gasteiger partial charge in [-0.3, -0.25) is 4.79 Å². The van der Waals surface area contributed by atoms with Gasteiger partial charge in [-0.15, -0.1) is 0 Å². The molecular formula is C14H28O2. The summed E-state index contributed by atoms with van der Waals surface area (Å²) in [5, 5.41) is 7.42. The molecule has 0 aliphatic rings. The van der Waals surface area contributed by atoms with Crippen molar-refractivity contribution >= 4 is 5.97 Å². The van der Waals surface area contributed by atoms with E-state index in [0.717, 1.165) is 12.8 Å². The Kier molecular flexibility index (Phi) is 8.23. The van der Waals surface area contributed by atoms with Gasteiger partial charge in [0.2, 0.25) is 0 Å². The van der Waals surface area contributed by atoms with Gasteiger partial charge in [-0.05, 0) is 30.6 Å². The number of aliphatic carboxylic acids is 1. The Hall–Kier alpha value is -0.790. The highest BCUT2D eigenvalue weighted by Gasteiger charge is 2.21. The number of carboxylic acid groups (broad SMARTS) is 1. The lowest BCUT2D eigenvalue weighted by Gasteiger charge is -2.29. The van der Waals surface area contributed by atoms with Gasteiger partial charge in [0.15, 0.2) is 0 Å². The molecule has 0 heterocycles. The monoisotopic (exact) mass is 228 g/mol. The van der Waals surface area contributed by atoms with Crippen LogP contribution in [0.1, 0.15) is 54.9 Å². The zero-order valence-electron chi connectivity index (χ0n) is 11.9. The van der Waals surface area contributed by atoms with Gasteiger partial charge in [0.25, 0.3) is 5.97 Å². The van der Waals surface area contributed by atoms with Crippen LogP contribution in [-0.2, 0) is 4.79 Å². The average molecular weight is 228 g/mol. The standard InChI is InChI=1S/C12H24.C2H4O2/c1-9(2)10(3)8-11(4)12(5,6)7;1-2(3)4/h10-11H,1,8H2,2-7H3;1H3,(H,3,4)/t10-,11-;/m1./s1. The van der Waals surface area contributed by atoms with Gasteiger partial charge >= 0.3 is 0 Å². The van der Waals surface area contributed by atoms with E-state index < -0.39 is 5.97 Å². The van der Waals surface area contributed by atoms with E-state index in [2.05, 4.69) is 48.1 Å². The second-order valence-electron chi connectivity index (χ2n) is 5.77. The molecule has 0 saturated heterocycles. The molecular weight excluding hydrogens is 200 g/mol. The maximum Gasteiger partial charge on any atom is 0.300 e. The zero-order chi connectivity index (χ0) is 13.5. The normalized spacial score (nSPS) is 14.4. The van der Waals surface area contributed by atoms with Crippen LogP contribution in [0.4, 0.5) is 0 Å². The minimum atomic E-state index is -0.833. The number of hydrogen-bond acceptors (Lipinski definition) is 1. The second kappa shape index (κ2) is 7.48. The average Bonchev–Trinajstić information content (AvgIpc) is 2.00. The Labute approximate surface area is 101 Å². The third-order valence-electron chi connectivity index (χ3n) is 3.03. The van der Waals surface area contributed by atoms with Crippen molar-refractivity contribution in [2.24, 2.45) is 17.3 Å². The number of carbonyl (C=O) groups is 1. The fourth-order valence-electron chi connectivity index (χ4n) is 1.09. The quantitative estimate of drug-likeness (QED) is 0.729. The Bertz CT molecular complexity index is 219. The van der Waals surface area contributed by atoms with Crippen molar-refractivity contribution in [3.63, 3.8) is 0 Å². The van der Waals surface area contributed by atoms with Gasteiger partial charge in [-0.25, -0.2) is 0 Å².